The highest BCUT2D eigenvalue weighted by Gasteiger charge is 2.19. The molecule has 2 aromatic carbocycles. The number of amides is 1. The molecule has 0 spiro atoms. The first kappa shape index (κ1) is 19.1. The van der Waals surface area contributed by atoms with Crippen molar-refractivity contribution in [3.05, 3.63) is 59.9 Å². The number of anilines is 1. The van der Waals surface area contributed by atoms with Crippen molar-refractivity contribution in [2.45, 2.75) is 31.7 Å². The second-order valence-corrected chi connectivity index (χ2v) is 7.54. The molecule has 25 heavy (non-hydrogen) atoms. The Bertz CT molecular complexity index is 832. The van der Waals surface area contributed by atoms with E-state index in [0.29, 0.717) is 17.8 Å². The first-order valence-corrected chi connectivity index (χ1v) is 9.42. The molecule has 5 nitrogen and oxygen atoms in total. The Balaban J connectivity index is 2.26. The van der Waals surface area contributed by atoms with Crippen LogP contribution in [0.3, 0.4) is 0 Å². The van der Waals surface area contributed by atoms with E-state index in [4.69, 9.17) is 0 Å². The fourth-order valence-electron chi connectivity index (χ4n) is 2.38. The molecule has 0 heterocycles. The molecule has 134 valence electrons. The molecule has 0 atom stereocenters. The Morgan fingerprint density at radius 1 is 1.08 bits per heavy atom. The van der Waals surface area contributed by atoms with Gasteiger partial charge in [-0.25, -0.2) is 17.5 Å². The predicted octanol–water partition coefficient (Wildman–Crippen LogP) is 3.18. The lowest BCUT2D eigenvalue weighted by atomic mass is 10.2. The van der Waals surface area contributed by atoms with E-state index in [1.807, 2.05) is 6.92 Å². The van der Waals surface area contributed by atoms with Gasteiger partial charge < -0.3 is 4.90 Å². The van der Waals surface area contributed by atoms with Crippen molar-refractivity contribution in [2.24, 2.45) is 0 Å². The Kier molecular flexibility index (Phi) is 5.92. The van der Waals surface area contributed by atoms with Crippen molar-refractivity contribution >= 4 is 21.6 Å². The zero-order valence-electron chi connectivity index (χ0n) is 14.4. The summed E-state index contributed by atoms with van der Waals surface area (Å²) in [6, 6.07) is 11.2. The van der Waals surface area contributed by atoms with Gasteiger partial charge in [0.1, 0.15) is 5.82 Å². The molecular weight excluding hydrogens is 343 g/mol. The summed E-state index contributed by atoms with van der Waals surface area (Å²) in [5, 5.41) is 0. The van der Waals surface area contributed by atoms with Gasteiger partial charge in [-0.15, -0.1) is 0 Å². The van der Waals surface area contributed by atoms with Crippen molar-refractivity contribution in [1.82, 2.24) is 4.72 Å². The minimum absolute atomic E-state index is 0.0996. The van der Waals surface area contributed by atoms with E-state index >= 15 is 0 Å². The average molecular weight is 364 g/mol. The van der Waals surface area contributed by atoms with Crippen molar-refractivity contribution < 1.29 is 17.6 Å². The number of benzene rings is 2. The molecule has 0 bridgehead atoms. The minimum Gasteiger partial charge on any atom is -0.309 e. The van der Waals surface area contributed by atoms with E-state index in [0.717, 1.165) is 0 Å². The largest absolute Gasteiger partial charge is 0.309 e. The van der Waals surface area contributed by atoms with Crippen LogP contribution in [0.2, 0.25) is 0 Å². The molecule has 1 amide bonds. The highest BCUT2D eigenvalue weighted by atomic mass is 32.2. The standard InChI is InChI=1S/C18H21FN2O3S/c1-4-21(16-9-7-15(19)8-10-16)18(22)14-5-11-17(12-6-14)25(23,24)20-13(2)3/h5-13,20H,4H2,1-3H3. The number of nitrogens with one attached hydrogen (secondary N) is 1. The fraction of sp³-hybridized carbons (Fsp3) is 0.278. The molecule has 1 N–H and O–H groups in total. The molecular formula is C18H21FN2O3S. The topological polar surface area (TPSA) is 66.5 Å². The second-order valence-electron chi connectivity index (χ2n) is 5.83. The van der Waals surface area contributed by atoms with Crippen LogP contribution in [0.1, 0.15) is 31.1 Å². The first-order valence-electron chi connectivity index (χ1n) is 7.94. The third-order valence-corrected chi connectivity index (χ3v) is 5.18. The van der Waals surface area contributed by atoms with Gasteiger partial charge in [0.05, 0.1) is 4.90 Å². The summed E-state index contributed by atoms with van der Waals surface area (Å²) in [5.74, 6) is -0.658. The monoisotopic (exact) mass is 364 g/mol. The van der Waals surface area contributed by atoms with Crippen LogP contribution in [-0.4, -0.2) is 26.9 Å². The van der Waals surface area contributed by atoms with E-state index in [1.54, 1.807) is 13.8 Å². The zero-order chi connectivity index (χ0) is 18.6. The number of sulfonamides is 1. The molecule has 0 fully saturated rings. The first-order chi connectivity index (χ1) is 11.7. The summed E-state index contributed by atoms with van der Waals surface area (Å²) in [6.07, 6.45) is 0. The van der Waals surface area contributed by atoms with Crippen LogP contribution in [-0.2, 0) is 10.0 Å². The predicted molar refractivity (Wildman–Crippen MR) is 95.7 cm³/mol. The lowest BCUT2D eigenvalue weighted by molar-refractivity contribution is 0.0988. The number of nitrogens with zero attached hydrogens (tertiary/aromatic N) is 1. The Labute approximate surface area is 147 Å². The van der Waals surface area contributed by atoms with Crippen molar-refractivity contribution in [3.63, 3.8) is 0 Å². The van der Waals surface area contributed by atoms with Gasteiger partial charge in [0.25, 0.3) is 5.91 Å². The van der Waals surface area contributed by atoms with Gasteiger partial charge in [-0.2, -0.15) is 0 Å². The number of carbonyl (C=O) groups is 1. The molecule has 2 rings (SSSR count). The maximum absolute atomic E-state index is 13.1. The molecule has 0 aliphatic heterocycles. The maximum Gasteiger partial charge on any atom is 0.258 e. The van der Waals surface area contributed by atoms with Crippen LogP contribution in [0.25, 0.3) is 0 Å². The minimum atomic E-state index is -3.60. The fourth-order valence-corrected chi connectivity index (χ4v) is 3.63. The third kappa shape index (κ3) is 4.64. The van der Waals surface area contributed by atoms with Gasteiger partial charge in [-0.3, -0.25) is 4.79 Å². The second kappa shape index (κ2) is 7.76. The molecule has 0 aromatic heterocycles. The Morgan fingerprint density at radius 3 is 2.12 bits per heavy atom. The summed E-state index contributed by atoms with van der Waals surface area (Å²) < 4.78 is 39.8. The number of hydrogen-bond donors (Lipinski definition) is 1. The van der Waals surface area contributed by atoms with Crippen molar-refractivity contribution in [1.29, 1.82) is 0 Å². The number of halogens is 1. The van der Waals surface area contributed by atoms with Gasteiger partial charge >= 0.3 is 0 Å². The third-order valence-electron chi connectivity index (χ3n) is 3.50. The highest BCUT2D eigenvalue weighted by molar-refractivity contribution is 7.89. The molecule has 0 saturated carbocycles. The lowest BCUT2D eigenvalue weighted by Crippen LogP contribution is -2.31. The van der Waals surface area contributed by atoms with Crippen LogP contribution in [0, 0.1) is 5.82 Å². The molecule has 2 aromatic rings. The normalized spacial score (nSPS) is 11.6. The van der Waals surface area contributed by atoms with Crippen molar-refractivity contribution in [2.75, 3.05) is 11.4 Å². The summed E-state index contributed by atoms with van der Waals surface area (Å²) >= 11 is 0. The summed E-state index contributed by atoms with van der Waals surface area (Å²) in [7, 11) is -3.60. The van der Waals surface area contributed by atoms with Crippen LogP contribution in [0.5, 0.6) is 0 Å². The lowest BCUT2D eigenvalue weighted by Gasteiger charge is -2.21. The van der Waals surface area contributed by atoms with Crippen LogP contribution >= 0.6 is 0 Å². The number of rotatable bonds is 6. The van der Waals surface area contributed by atoms with E-state index in [9.17, 15) is 17.6 Å². The van der Waals surface area contributed by atoms with Gasteiger partial charge in [-0.05, 0) is 69.3 Å². The Hall–Kier alpha value is -2.25. The van der Waals surface area contributed by atoms with E-state index in [-0.39, 0.29) is 22.7 Å². The number of carbonyl (C=O) groups excluding carboxylic acids is 1. The van der Waals surface area contributed by atoms with Crippen LogP contribution in [0.15, 0.2) is 53.4 Å². The van der Waals surface area contributed by atoms with Gasteiger partial charge in [-0.1, -0.05) is 0 Å². The smallest absolute Gasteiger partial charge is 0.258 e. The van der Waals surface area contributed by atoms with E-state index < -0.39 is 10.0 Å². The summed E-state index contributed by atoms with van der Waals surface area (Å²) in [6.45, 7) is 5.68. The quantitative estimate of drug-likeness (QED) is 0.856. The van der Waals surface area contributed by atoms with Crippen molar-refractivity contribution in [3.8, 4) is 0 Å². The van der Waals surface area contributed by atoms with Gasteiger partial charge in [0.2, 0.25) is 10.0 Å². The zero-order valence-corrected chi connectivity index (χ0v) is 15.2. The average Bonchev–Trinajstić information content (AvgIpc) is 2.56. The Morgan fingerprint density at radius 2 is 1.64 bits per heavy atom. The van der Waals surface area contributed by atoms with Gasteiger partial charge in [0.15, 0.2) is 0 Å². The summed E-state index contributed by atoms with van der Waals surface area (Å²) in [5.41, 5.74) is 0.932. The molecule has 0 saturated heterocycles. The molecule has 0 radical (unpaired) electrons. The van der Waals surface area contributed by atoms with E-state index in [2.05, 4.69) is 4.72 Å². The van der Waals surface area contributed by atoms with E-state index in [1.165, 1.54) is 53.4 Å². The maximum atomic E-state index is 13.1. The molecule has 0 aliphatic rings. The number of hydrogen-bond acceptors (Lipinski definition) is 3. The summed E-state index contributed by atoms with van der Waals surface area (Å²) in [4.78, 5) is 14.3. The van der Waals surface area contributed by atoms with Crippen LogP contribution in [0.4, 0.5) is 10.1 Å². The SMILES string of the molecule is CCN(C(=O)c1ccc(S(=O)(=O)NC(C)C)cc1)c1ccc(F)cc1. The molecule has 0 unspecified atom stereocenters. The molecule has 0 aliphatic carbocycles. The molecule has 7 heteroatoms. The van der Waals surface area contributed by atoms with Crippen LogP contribution < -0.4 is 9.62 Å². The van der Waals surface area contributed by atoms with Gasteiger partial charge in [0, 0.05) is 23.8 Å². The highest BCUT2D eigenvalue weighted by Crippen LogP contribution is 2.19.